The third-order valence-corrected chi connectivity index (χ3v) is 19.2. The second-order valence-corrected chi connectivity index (χ2v) is 25.7. The van der Waals surface area contributed by atoms with Gasteiger partial charge in [0.05, 0.1) is 94.0 Å². The number of fused-ring (bicyclic) bond motifs is 6. The standard InChI is InChI=1S/C66H81N5O12S2/c1-9-19-81-41-55(72)31-51(65(75)78-8)42-84-85-66(3,4)43-69(18-20-79-23-24-80-22-21-76-6)52-27-45(39-82-60-33-58-56(25-44(60)2)63(73)70-36-49-16-12-10-14-47(49)29-53(70)35-67-58)26-46(28-52)40-83-62-34-59-57(32-61(62)77-7)64(74)71-37-50-17-13-11-15-48(50)30-54(71)38-68(59)5/h9-17,19,25-28,32-34,51,53-54,67H,18,20-24,29-31,35-43H2,1-8H3/t51?,53-,54?/m0/s1. The fraction of sp³-hybridized carbons (Fsp3) is 0.455. The van der Waals surface area contributed by atoms with Crippen LogP contribution in [-0.4, -0.2) is 150 Å². The van der Waals surface area contributed by atoms with Gasteiger partial charge in [0.1, 0.15) is 25.6 Å². The van der Waals surface area contributed by atoms with Crippen LogP contribution < -0.4 is 29.3 Å². The zero-order valence-electron chi connectivity index (χ0n) is 50.3. The van der Waals surface area contributed by atoms with Gasteiger partial charge in [-0.1, -0.05) is 76.2 Å². The molecule has 0 bridgehead atoms. The molecular weight excluding hydrogens is 1120 g/mol. The van der Waals surface area contributed by atoms with Gasteiger partial charge < -0.3 is 62.8 Å². The molecule has 0 fully saturated rings. The van der Waals surface area contributed by atoms with Crippen molar-refractivity contribution >= 4 is 62.2 Å². The van der Waals surface area contributed by atoms with Crippen LogP contribution in [0.5, 0.6) is 17.2 Å². The molecule has 0 aromatic heterocycles. The highest BCUT2D eigenvalue weighted by Gasteiger charge is 2.38. The molecule has 4 aliphatic heterocycles. The smallest absolute Gasteiger partial charge is 0.309 e. The Morgan fingerprint density at radius 2 is 1.40 bits per heavy atom. The van der Waals surface area contributed by atoms with Crippen molar-refractivity contribution in [2.24, 2.45) is 5.92 Å². The number of carbonyl (C=O) groups excluding carboxylic acids is 4. The Morgan fingerprint density at radius 3 is 2.07 bits per heavy atom. The van der Waals surface area contributed by atoms with Crippen molar-refractivity contribution in [3.05, 3.63) is 153 Å². The topological polar surface area (TPSA) is 167 Å². The van der Waals surface area contributed by atoms with Crippen molar-refractivity contribution in [2.75, 3.05) is 115 Å². The van der Waals surface area contributed by atoms with E-state index in [0.717, 1.165) is 52.2 Å². The van der Waals surface area contributed by atoms with Gasteiger partial charge in [-0.25, -0.2) is 0 Å². The van der Waals surface area contributed by atoms with Crippen LogP contribution in [0.3, 0.4) is 0 Å². The molecule has 1 N–H and O–H groups in total. The number of amides is 2. The molecule has 17 nitrogen and oxygen atoms in total. The van der Waals surface area contributed by atoms with Crippen LogP contribution in [0.1, 0.15) is 86.9 Å². The lowest BCUT2D eigenvalue weighted by molar-refractivity contribution is -0.146. The number of carbonyl (C=O) groups is 4. The summed E-state index contributed by atoms with van der Waals surface area (Å²) in [6, 6.07) is 30.7. The number of methoxy groups -OCH3 is 3. The van der Waals surface area contributed by atoms with Crippen molar-refractivity contribution in [3.63, 3.8) is 0 Å². The molecule has 454 valence electrons. The first-order chi connectivity index (χ1) is 41.1. The maximum atomic E-state index is 14.5. The van der Waals surface area contributed by atoms with E-state index in [1.54, 1.807) is 38.0 Å². The minimum Gasteiger partial charge on any atom is -0.494 e. The van der Waals surface area contributed by atoms with Crippen molar-refractivity contribution in [1.82, 2.24) is 9.80 Å². The summed E-state index contributed by atoms with van der Waals surface area (Å²) in [5.41, 5.74) is 11.1. The van der Waals surface area contributed by atoms with E-state index in [9.17, 15) is 19.2 Å². The summed E-state index contributed by atoms with van der Waals surface area (Å²) < 4.78 is 46.7. The van der Waals surface area contributed by atoms with Crippen molar-refractivity contribution < 1.29 is 57.1 Å². The van der Waals surface area contributed by atoms with Crippen LogP contribution in [0, 0.1) is 12.8 Å². The zero-order chi connectivity index (χ0) is 60.0. The first-order valence-corrected chi connectivity index (χ1v) is 31.5. The van der Waals surface area contributed by atoms with Gasteiger partial charge in [-0.3, -0.25) is 19.2 Å². The molecule has 5 aromatic rings. The van der Waals surface area contributed by atoms with E-state index in [1.807, 2.05) is 60.2 Å². The highest BCUT2D eigenvalue weighted by Crippen LogP contribution is 2.42. The molecule has 0 spiro atoms. The van der Waals surface area contributed by atoms with E-state index in [1.165, 1.54) is 40.9 Å². The highest BCUT2D eigenvalue weighted by molar-refractivity contribution is 8.77. The summed E-state index contributed by atoms with van der Waals surface area (Å²) in [5.74, 6) is 0.654. The molecule has 9 rings (SSSR count). The molecule has 0 radical (unpaired) electrons. The molecule has 3 atom stereocenters. The number of anilines is 3. The van der Waals surface area contributed by atoms with E-state index in [2.05, 4.69) is 83.6 Å². The number of nitrogens with zero attached hydrogens (tertiary/aromatic N) is 4. The van der Waals surface area contributed by atoms with Crippen LogP contribution in [0.15, 0.2) is 103 Å². The number of aryl methyl sites for hydroxylation is 1. The van der Waals surface area contributed by atoms with Gasteiger partial charge >= 0.3 is 5.97 Å². The summed E-state index contributed by atoms with van der Waals surface area (Å²) >= 11 is 0. The van der Waals surface area contributed by atoms with E-state index in [4.69, 9.17) is 37.9 Å². The Balaban J connectivity index is 0.994. The lowest BCUT2D eigenvalue weighted by Crippen LogP contribution is -2.47. The van der Waals surface area contributed by atoms with E-state index in [0.29, 0.717) is 106 Å². The van der Waals surface area contributed by atoms with Gasteiger partial charge in [-0.15, -0.1) is 0 Å². The lowest BCUT2D eigenvalue weighted by Gasteiger charge is -2.36. The highest BCUT2D eigenvalue weighted by atomic mass is 33.1. The molecule has 4 heterocycles. The predicted molar refractivity (Wildman–Crippen MR) is 334 cm³/mol. The summed E-state index contributed by atoms with van der Waals surface area (Å²) in [6.45, 7) is 13.9. The number of nitrogens with one attached hydrogen (secondary N) is 1. The summed E-state index contributed by atoms with van der Waals surface area (Å²) in [7, 11) is 9.76. The fourth-order valence-corrected chi connectivity index (χ4v) is 14.3. The van der Waals surface area contributed by atoms with Crippen LogP contribution in [0.25, 0.3) is 0 Å². The first kappa shape index (κ1) is 62.6. The molecule has 4 aliphatic rings. The van der Waals surface area contributed by atoms with Crippen LogP contribution >= 0.6 is 21.6 Å². The molecule has 0 saturated carbocycles. The van der Waals surface area contributed by atoms with Gasteiger partial charge in [-0.05, 0) is 110 Å². The maximum absolute atomic E-state index is 14.5. The quantitative estimate of drug-likeness (QED) is 0.0208. The monoisotopic (exact) mass is 1200 g/mol. The average Bonchev–Trinajstić information content (AvgIpc) is 3.51. The minimum atomic E-state index is -0.645. The van der Waals surface area contributed by atoms with Gasteiger partial charge in [0.25, 0.3) is 11.8 Å². The molecule has 5 aromatic carbocycles. The average molecular weight is 1200 g/mol. The maximum Gasteiger partial charge on any atom is 0.309 e. The lowest BCUT2D eigenvalue weighted by atomic mass is 9.93. The number of Topliss-reactive ketones (excluding diaryl/α,β-unsaturated/α-hetero) is 1. The SMILES string of the molecule is CC=COCC(=O)CC(CSSC(C)(C)CN(CCOCCOCCOC)c1cc(COc2cc3c(cc2C)C(=O)N2Cc4ccccc4C[C@H]2CN3)cc(COc2cc3c(cc2OC)C(=O)N2Cc4ccccc4CC2CN3C)c1)C(=O)OC. The van der Waals surface area contributed by atoms with Crippen LogP contribution in [0.4, 0.5) is 17.1 Å². The number of esters is 1. The Hall–Kier alpha value is -6.90. The Kier molecular flexibility index (Phi) is 21.7. The molecule has 2 unspecified atom stereocenters. The third kappa shape index (κ3) is 16.0. The van der Waals surface area contributed by atoms with Crippen LogP contribution in [-0.2, 0) is 72.4 Å². The molecule has 0 saturated heterocycles. The molecule has 19 heteroatoms. The number of hydrogen-bond donors (Lipinski definition) is 1. The van der Waals surface area contributed by atoms with Crippen molar-refractivity contribution in [2.45, 2.75) is 90.1 Å². The number of benzene rings is 5. The van der Waals surface area contributed by atoms with E-state index in [-0.39, 0.29) is 55.9 Å². The largest absolute Gasteiger partial charge is 0.494 e. The minimum absolute atomic E-state index is 0.00153. The van der Waals surface area contributed by atoms with Crippen molar-refractivity contribution in [3.8, 4) is 17.2 Å². The number of allylic oxidation sites excluding steroid dienone is 1. The first-order valence-electron chi connectivity index (χ1n) is 29.1. The predicted octanol–water partition coefficient (Wildman–Crippen LogP) is 10.1. The fourth-order valence-electron chi connectivity index (χ4n) is 11.5. The number of ketones is 1. The van der Waals surface area contributed by atoms with E-state index < -0.39 is 16.6 Å². The Labute approximate surface area is 508 Å². The van der Waals surface area contributed by atoms with Gasteiger partial charge in [0.15, 0.2) is 17.3 Å². The number of hydrogen-bond acceptors (Lipinski definition) is 17. The number of rotatable bonds is 29. The van der Waals surface area contributed by atoms with Gasteiger partial charge in [-0.2, -0.15) is 0 Å². The number of ether oxygens (including phenoxy) is 8. The second-order valence-electron chi connectivity index (χ2n) is 22.7. The second kappa shape index (κ2) is 29.5. The Bertz CT molecular complexity index is 3190. The van der Waals surface area contributed by atoms with Gasteiger partial charge in [0, 0.05) is 88.2 Å². The summed E-state index contributed by atoms with van der Waals surface area (Å²) in [6.07, 6.45) is 4.73. The van der Waals surface area contributed by atoms with Gasteiger partial charge in [0.2, 0.25) is 0 Å². The molecule has 2 amide bonds. The summed E-state index contributed by atoms with van der Waals surface area (Å²) in [4.78, 5) is 63.0. The summed E-state index contributed by atoms with van der Waals surface area (Å²) in [5, 5.41) is 3.61. The zero-order valence-corrected chi connectivity index (χ0v) is 51.9. The van der Waals surface area contributed by atoms with E-state index >= 15 is 0 Å². The van der Waals surface area contributed by atoms with Crippen LogP contribution in [0.2, 0.25) is 0 Å². The molecular formula is C66H81N5O12S2. The third-order valence-electron chi connectivity index (χ3n) is 15.8. The normalized spacial score (nSPS) is 16.6. The molecule has 0 aliphatic carbocycles. The number of likely N-dealkylation sites (N-methyl/N-ethyl adjacent to an activating group) is 1. The molecule has 85 heavy (non-hydrogen) atoms. The Morgan fingerprint density at radius 1 is 0.765 bits per heavy atom. The van der Waals surface area contributed by atoms with Crippen molar-refractivity contribution in [1.29, 1.82) is 0 Å².